The van der Waals surface area contributed by atoms with E-state index in [1.807, 2.05) is 12.1 Å². The van der Waals surface area contributed by atoms with Gasteiger partial charge in [-0.25, -0.2) is 4.79 Å². The van der Waals surface area contributed by atoms with Gasteiger partial charge in [0.2, 0.25) is 6.04 Å². The van der Waals surface area contributed by atoms with E-state index in [4.69, 9.17) is 16.3 Å². The first kappa shape index (κ1) is 22.4. The van der Waals surface area contributed by atoms with Crippen LogP contribution in [0.15, 0.2) is 65.7 Å². The summed E-state index contributed by atoms with van der Waals surface area (Å²) in [5.41, 5.74) is 1.90. The molecule has 1 unspecified atom stereocenters. The first-order valence-electron chi connectivity index (χ1n) is 10.3. The Bertz CT molecular complexity index is 1190. The van der Waals surface area contributed by atoms with E-state index in [0.717, 1.165) is 16.0 Å². The number of amides is 4. The van der Waals surface area contributed by atoms with E-state index in [1.54, 1.807) is 55.7 Å². The number of aliphatic imine (C=N–C) groups is 1. The minimum atomic E-state index is -0.873. The number of ether oxygens (including phenoxy) is 1. The molecule has 0 radical (unpaired) electrons. The standard InChI is InChI=1S/C24H21ClN4O4/c1-33-18-10-8-16(9-11-18)14-29-23(31)22-20(7-4-12-26-22)28(24(29)32)15-21(30)27-13-17-5-2-3-6-19(17)25/h2-12,22H,13-15H2,1H3/p+1. The zero-order chi connectivity index (χ0) is 23.4. The summed E-state index contributed by atoms with van der Waals surface area (Å²) >= 11 is 6.15. The number of methoxy groups -OCH3 is 1. The van der Waals surface area contributed by atoms with Gasteiger partial charge in [-0.3, -0.25) is 9.79 Å². The maximum absolute atomic E-state index is 13.3. The number of carbonyl (C=O) groups is 3. The van der Waals surface area contributed by atoms with Gasteiger partial charge < -0.3 is 10.1 Å². The fourth-order valence-electron chi connectivity index (χ4n) is 3.62. The molecule has 0 spiro atoms. The third-order valence-electron chi connectivity index (χ3n) is 5.38. The third-order valence-corrected chi connectivity index (χ3v) is 5.75. The third kappa shape index (κ3) is 4.85. The van der Waals surface area contributed by atoms with Gasteiger partial charge in [-0.1, -0.05) is 41.9 Å². The van der Waals surface area contributed by atoms with Gasteiger partial charge in [-0.2, -0.15) is 14.3 Å². The molecular formula is C24H22ClN4O4+. The molecule has 2 heterocycles. The summed E-state index contributed by atoms with van der Waals surface area (Å²) in [6.07, 6.45) is 4.79. The summed E-state index contributed by atoms with van der Waals surface area (Å²) in [6, 6.07) is 12.8. The fraction of sp³-hybridized carbons (Fsp3) is 0.208. The molecule has 1 N–H and O–H groups in total. The summed E-state index contributed by atoms with van der Waals surface area (Å²) < 4.78 is 6.45. The molecule has 0 saturated carbocycles. The molecule has 2 aliphatic heterocycles. The molecule has 1 atom stereocenters. The van der Waals surface area contributed by atoms with Gasteiger partial charge in [0.1, 0.15) is 18.0 Å². The van der Waals surface area contributed by atoms with Crippen molar-refractivity contribution in [1.82, 2.24) is 10.2 Å². The van der Waals surface area contributed by atoms with E-state index in [1.165, 1.54) is 10.8 Å². The monoisotopic (exact) mass is 465 g/mol. The Hall–Kier alpha value is -3.78. The topological polar surface area (TPSA) is 91.1 Å². The van der Waals surface area contributed by atoms with Crippen LogP contribution in [-0.2, 0) is 22.7 Å². The van der Waals surface area contributed by atoms with Crippen LogP contribution >= 0.6 is 11.6 Å². The lowest BCUT2D eigenvalue weighted by Crippen LogP contribution is -2.57. The van der Waals surface area contributed by atoms with E-state index >= 15 is 0 Å². The zero-order valence-corrected chi connectivity index (χ0v) is 18.7. The molecule has 33 heavy (non-hydrogen) atoms. The highest BCUT2D eigenvalue weighted by atomic mass is 35.5. The number of nitrogens with zero attached hydrogens (tertiary/aromatic N) is 3. The predicted molar refractivity (Wildman–Crippen MR) is 124 cm³/mol. The average molecular weight is 466 g/mol. The second-order valence-corrected chi connectivity index (χ2v) is 7.90. The van der Waals surface area contributed by atoms with Crippen LogP contribution in [-0.4, -0.2) is 58.9 Å². The Kier molecular flexibility index (Phi) is 6.65. The number of hydrogen-bond donors (Lipinski definition) is 1. The van der Waals surface area contributed by atoms with E-state index < -0.39 is 18.0 Å². The Morgan fingerprint density at radius 2 is 1.94 bits per heavy atom. The highest BCUT2D eigenvalue weighted by Gasteiger charge is 2.48. The van der Waals surface area contributed by atoms with Crippen molar-refractivity contribution in [2.24, 2.45) is 4.99 Å². The molecule has 168 valence electrons. The van der Waals surface area contributed by atoms with Gasteiger partial charge in [0.05, 0.1) is 7.11 Å². The summed E-state index contributed by atoms with van der Waals surface area (Å²) in [4.78, 5) is 44.4. The number of fused-ring (bicyclic) bond motifs is 1. The number of rotatable bonds is 7. The van der Waals surface area contributed by atoms with Gasteiger partial charge in [-0.05, 0) is 41.5 Å². The van der Waals surface area contributed by atoms with Crippen molar-refractivity contribution in [3.8, 4) is 5.75 Å². The maximum atomic E-state index is 13.3. The number of halogens is 1. The average Bonchev–Trinajstić information content (AvgIpc) is 2.84. The predicted octanol–water partition coefficient (Wildman–Crippen LogP) is 2.59. The number of urea groups is 1. The SMILES string of the molecule is COc1ccc(CN2C(=O)C3N=CC=CC3=[N+](CC(=O)NCc3ccccc3Cl)C2=O)cc1. The van der Waals surface area contributed by atoms with Crippen molar-refractivity contribution in [3.63, 3.8) is 0 Å². The van der Waals surface area contributed by atoms with Crippen molar-refractivity contribution >= 4 is 41.4 Å². The Morgan fingerprint density at radius 3 is 2.67 bits per heavy atom. The second-order valence-electron chi connectivity index (χ2n) is 7.49. The lowest BCUT2D eigenvalue weighted by molar-refractivity contribution is -0.428. The van der Waals surface area contributed by atoms with Crippen LogP contribution < -0.4 is 10.1 Å². The molecule has 0 bridgehead atoms. The number of allylic oxidation sites excluding steroid dienone is 1. The lowest BCUT2D eigenvalue weighted by atomic mass is 10.0. The number of nitrogens with one attached hydrogen (secondary N) is 1. The first-order valence-corrected chi connectivity index (χ1v) is 10.7. The molecule has 4 rings (SSSR count). The molecule has 8 nitrogen and oxygen atoms in total. The molecule has 2 aliphatic rings. The highest BCUT2D eigenvalue weighted by molar-refractivity contribution is 6.31. The highest BCUT2D eigenvalue weighted by Crippen LogP contribution is 2.19. The van der Waals surface area contributed by atoms with Gasteiger partial charge in [0.25, 0.3) is 5.91 Å². The smallest absolute Gasteiger partial charge is 0.497 e. The Morgan fingerprint density at radius 1 is 1.18 bits per heavy atom. The van der Waals surface area contributed by atoms with Crippen LogP contribution in [0.5, 0.6) is 5.75 Å². The molecule has 0 fully saturated rings. The van der Waals surface area contributed by atoms with E-state index in [0.29, 0.717) is 16.5 Å². The molecule has 4 amide bonds. The van der Waals surface area contributed by atoms with Gasteiger partial charge in [0, 0.05) is 17.8 Å². The molecule has 0 saturated heterocycles. The van der Waals surface area contributed by atoms with Crippen molar-refractivity contribution < 1.29 is 23.7 Å². The van der Waals surface area contributed by atoms with Gasteiger partial charge in [-0.15, -0.1) is 0 Å². The van der Waals surface area contributed by atoms with Crippen molar-refractivity contribution in [2.75, 3.05) is 13.7 Å². The van der Waals surface area contributed by atoms with Crippen LogP contribution in [0.4, 0.5) is 4.79 Å². The van der Waals surface area contributed by atoms with E-state index in [2.05, 4.69) is 10.3 Å². The Balaban J connectivity index is 1.54. The minimum absolute atomic E-state index is 0.0580. The molecule has 2 aromatic carbocycles. The first-order chi connectivity index (χ1) is 16.0. The van der Waals surface area contributed by atoms with Gasteiger partial charge in [0.15, 0.2) is 6.54 Å². The number of imide groups is 1. The Labute approximate surface area is 195 Å². The van der Waals surface area contributed by atoms with Crippen LogP contribution in [0.1, 0.15) is 11.1 Å². The van der Waals surface area contributed by atoms with Crippen LogP contribution in [0, 0.1) is 0 Å². The van der Waals surface area contributed by atoms with Crippen LogP contribution in [0.25, 0.3) is 0 Å². The summed E-state index contributed by atoms with van der Waals surface area (Å²) in [6.45, 7) is 0.0333. The van der Waals surface area contributed by atoms with Gasteiger partial charge >= 0.3 is 11.9 Å². The van der Waals surface area contributed by atoms with Crippen molar-refractivity contribution in [2.45, 2.75) is 19.1 Å². The van der Waals surface area contributed by atoms with Crippen LogP contribution in [0.2, 0.25) is 5.02 Å². The normalized spacial score (nSPS) is 17.3. The molecule has 9 heteroatoms. The van der Waals surface area contributed by atoms with E-state index in [-0.39, 0.29) is 25.5 Å². The van der Waals surface area contributed by atoms with E-state index in [9.17, 15) is 14.4 Å². The molecule has 2 aromatic rings. The number of benzene rings is 2. The number of dihydropyridines is 1. The number of carbonyl (C=O) groups excluding carboxylic acids is 3. The van der Waals surface area contributed by atoms with Crippen molar-refractivity contribution in [1.29, 1.82) is 0 Å². The quantitative estimate of drug-likeness (QED) is 0.636. The zero-order valence-electron chi connectivity index (χ0n) is 17.9. The maximum Gasteiger partial charge on any atom is 0.501 e. The molecular weight excluding hydrogens is 444 g/mol. The molecule has 0 aliphatic carbocycles. The van der Waals surface area contributed by atoms with Crippen LogP contribution in [0.3, 0.4) is 0 Å². The summed E-state index contributed by atoms with van der Waals surface area (Å²) in [5, 5.41) is 3.32. The lowest BCUT2D eigenvalue weighted by Gasteiger charge is -2.26. The second kappa shape index (κ2) is 9.79. The molecule has 0 aromatic heterocycles. The van der Waals surface area contributed by atoms with Crippen molar-refractivity contribution in [3.05, 3.63) is 76.8 Å². The summed E-state index contributed by atoms with van der Waals surface area (Å²) in [7, 11) is 1.56. The summed E-state index contributed by atoms with van der Waals surface area (Å²) in [5.74, 6) is -0.139. The fourth-order valence-corrected chi connectivity index (χ4v) is 3.83. The number of hydrogen-bond acceptors (Lipinski definition) is 5. The largest absolute Gasteiger partial charge is 0.501 e. The minimum Gasteiger partial charge on any atom is -0.497 e.